The number of nitrogens with two attached hydrogens (primary N) is 1. The number of anilines is 1. The quantitative estimate of drug-likeness (QED) is 0.662. The lowest BCUT2D eigenvalue weighted by atomic mass is 9.89. The number of aryl methyl sites for hydroxylation is 1. The molecule has 2 bridgehead atoms. The molecule has 3 unspecified atom stereocenters. The van der Waals surface area contributed by atoms with Crippen LogP contribution in [0.4, 0.5) is 5.69 Å². The minimum Gasteiger partial charge on any atom is -0.465 e. The van der Waals surface area contributed by atoms with Crippen LogP contribution in [-0.2, 0) is 16.0 Å². The first-order chi connectivity index (χ1) is 9.70. The van der Waals surface area contributed by atoms with Crippen LogP contribution in [-0.4, -0.2) is 12.6 Å². The molecule has 0 amide bonds. The molecule has 0 radical (unpaired) electrons. The molecule has 0 saturated heterocycles. The number of ether oxygens (including phenoxy) is 1. The van der Waals surface area contributed by atoms with Crippen LogP contribution in [0.5, 0.6) is 0 Å². The smallest absolute Gasteiger partial charge is 0.306 e. The van der Waals surface area contributed by atoms with Crippen molar-refractivity contribution in [2.45, 2.75) is 38.5 Å². The van der Waals surface area contributed by atoms with Crippen molar-refractivity contribution in [1.82, 2.24) is 0 Å². The fourth-order valence-corrected chi connectivity index (χ4v) is 3.85. The number of esters is 1. The van der Waals surface area contributed by atoms with Crippen molar-refractivity contribution < 1.29 is 9.53 Å². The first-order valence-corrected chi connectivity index (χ1v) is 7.71. The lowest BCUT2D eigenvalue weighted by Crippen LogP contribution is -2.19. The summed E-state index contributed by atoms with van der Waals surface area (Å²) < 4.78 is 5.46. The van der Waals surface area contributed by atoms with Gasteiger partial charge in [-0.05, 0) is 61.1 Å². The summed E-state index contributed by atoms with van der Waals surface area (Å²) in [5.74, 6) is 2.29. The van der Waals surface area contributed by atoms with Crippen LogP contribution in [0.2, 0.25) is 0 Å². The van der Waals surface area contributed by atoms with Crippen molar-refractivity contribution in [1.29, 1.82) is 0 Å². The number of carbonyl (C=O) groups is 1. The van der Waals surface area contributed by atoms with E-state index in [0.717, 1.165) is 23.1 Å². The van der Waals surface area contributed by atoms with Crippen LogP contribution in [0.3, 0.4) is 0 Å². The van der Waals surface area contributed by atoms with E-state index in [2.05, 4.69) is 0 Å². The number of fused-ring (bicyclic) bond motifs is 2. The summed E-state index contributed by atoms with van der Waals surface area (Å²) in [6, 6.07) is 7.70. The number of carbonyl (C=O) groups excluding carboxylic acids is 1. The Morgan fingerprint density at radius 1 is 1.30 bits per heavy atom. The average molecular weight is 273 g/mol. The summed E-state index contributed by atoms with van der Waals surface area (Å²) in [4.78, 5) is 11.8. The lowest BCUT2D eigenvalue weighted by molar-refractivity contribution is -0.145. The van der Waals surface area contributed by atoms with Crippen molar-refractivity contribution in [3.8, 4) is 0 Å². The van der Waals surface area contributed by atoms with E-state index in [1.54, 1.807) is 0 Å². The molecule has 2 aliphatic carbocycles. The molecule has 3 rings (SSSR count). The summed E-state index contributed by atoms with van der Waals surface area (Å²) in [6.45, 7) is 0.636. The minimum absolute atomic E-state index is 0.0739. The highest BCUT2D eigenvalue weighted by Crippen LogP contribution is 2.48. The number of nitrogen functional groups attached to an aromatic ring is 1. The zero-order valence-electron chi connectivity index (χ0n) is 11.9. The standard InChI is InChI=1S/C17H23NO2/c18-16-3-1-2-12(10-16)5-7-17(19)20-11-15-9-13-4-6-14(15)8-13/h1-3,10,13-15H,4-9,11,18H2. The number of rotatable bonds is 5. The summed E-state index contributed by atoms with van der Waals surface area (Å²) in [7, 11) is 0. The molecule has 2 fully saturated rings. The van der Waals surface area contributed by atoms with E-state index in [0.29, 0.717) is 25.4 Å². The van der Waals surface area contributed by atoms with Gasteiger partial charge in [0.15, 0.2) is 0 Å². The lowest BCUT2D eigenvalue weighted by Gasteiger charge is -2.21. The molecule has 1 aromatic rings. The van der Waals surface area contributed by atoms with Crippen molar-refractivity contribution in [3.63, 3.8) is 0 Å². The predicted molar refractivity (Wildman–Crippen MR) is 79.1 cm³/mol. The largest absolute Gasteiger partial charge is 0.465 e. The third kappa shape index (κ3) is 3.14. The van der Waals surface area contributed by atoms with E-state index in [1.807, 2.05) is 24.3 Å². The molecular weight excluding hydrogens is 250 g/mol. The van der Waals surface area contributed by atoms with Gasteiger partial charge >= 0.3 is 5.97 Å². The average Bonchev–Trinajstić information content (AvgIpc) is 3.05. The molecular formula is C17H23NO2. The normalized spacial score (nSPS) is 27.7. The monoisotopic (exact) mass is 273 g/mol. The second kappa shape index (κ2) is 5.86. The molecule has 0 aromatic heterocycles. The summed E-state index contributed by atoms with van der Waals surface area (Å²) in [5.41, 5.74) is 7.57. The summed E-state index contributed by atoms with van der Waals surface area (Å²) >= 11 is 0. The Labute approximate surface area is 120 Å². The summed E-state index contributed by atoms with van der Waals surface area (Å²) in [5, 5.41) is 0. The molecule has 2 aliphatic rings. The molecule has 0 spiro atoms. The van der Waals surface area contributed by atoms with Crippen LogP contribution < -0.4 is 5.73 Å². The van der Waals surface area contributed by atoms with E-state index in [4.69, 9.17) is 10.5 Å². The highest BCUT2D eigenvalue weighted by atomic mass is 16.5. The van der Waals surface area contributed by atoms with Crippen LogP contribution in [0.25, 0.3) is 0 Å². The molecule has 3 heteroatoms. The van der Waals surface area contributed by atoms with Gasteiger partial charge in [0.05, 0.1) is 6.61 Å². The molecule has 0 aliphatic heterocycles. The van der Waals surface area contributed by atoms with Crippen molar-refractivity contribution in [2.75, 3.05) is 12.3 Å². The molecule has 3 nitrogen and oxygen atoms in total. The maximum absolute atomic E-state index is 11.8. The fourth-order valence-electron chi connectivity index (χ4n) is 3.85. The van der Waals surface area contributed by atoms with Gasteiger partial charge in [-0.3, -0.25) is 4.79 Å². The topological polar surface area (TPSA) is 52.3 Å². The molecule has 3 atom stereocenters. The number of hydrogen-bond donors (Lipinski definition) is 1. The van der Waals surface area contributed by atoms with Gasteiger partial charge in [0, 0.05) is 12.1 Å². The van der Waals surface area contributed by atoms with Gasteiger partial charge in [-0.25, -0.2) is 0 Å². The minimum atomic E-state index is -0.0739. The molecule has 20 heavy (non-hydrogen) atoms. The SMILES string of the molecule is Nc1cccc(CCC(=O)OCC2CC3CCC2C3)c1. The second-order valence-corrected chi connectivity index (χ2v) is 6.36. The molecule has 0 heterocycles. The molecule has 108 valence electrons. The van der Waals surface area contributed by atoms with Crippen LogP contribution in [0.15, 0.2) is 24.3 Å². The first kappa shape index (κ1) is 13.5. The van der Waals surface area contributed by atoms with E-state index in [1.165, 1.54) is 25.7 Å². The Morgan fingerprint density at radius 2 is 2.20 bits per heavy atom. The van der Waals surface area contributed by atoms with Crippen LogP contribution >= 0.6 is 0 Å². The molecule has 2 N–H and O–H groups in total. The Morgan fingerprint density at radius 3 is 2.90 bits per heavy atom. The van der Waals surface area contributed by atoms with Gasteiger partial charge in [-0.1, -0.05) is 18.6 Å². The van der Waals surface area contributed by atoms with E-state index >= 15 is 0 Å². The highest BCUT2D eigenvalue weighted by Gasteiger charge is 2.39. The maximum Gasteiger partial charge on any atom is 0.306 e. The van der Waals surface area contributed by atoms with Gasteiger partial charge < -0.3 is 10.5 Å². The Bertz CT molecular complexity index is 486. The molecule has 1 aromatic carbocycles. The van der Waals surface area contributed by atoms with Crippen LogP contribution in [0, 0.1) is 17.8 Å². The molecule has 2 saturated carbocycles. The van der Waals surface area contributed by atoms with Gasteiger partial charge in [0.1, 0.15) is 0 Å². The van der Waals surface area contributed by atoms with Gasteiger partial charge in [-0.2, -0.15) is 0 Å². The Balaban J connectivity index is 1.39. The Hall–Kier alpha value is -1.51. The van der Waals surface area contributed by atoms with E-state index in [9.17, 15) is 4.79 Å². The van der Waals surface area contributed by atoms with Gasteiger partial charge in [0.25, 0.3) is 0 Å². The third-order valence-corrected chi connectivity index (χ3v) is 4.91. The second-order valence-electron chi connectivity index (χ2n) is 6.36. The zero-order valence-corrected chi connectivity index (χ0v) is 11.9. The number of benzene rings is 1. The van der Waals surface area contributed by atoms with Gasteiger partial charge in [-0.15, -0.1) is 0 Å². The van der Waals surface area contributed by atoms with E-state index in [-0.39, 0.29) is 5.97 Å². The van der Waals surface area contributed by atoms with Gasteiger partial charge in [0.2, 0.25) is 0 Å². The first-order valence-electron chi connectivity index (χ1n) is 7.71. The fraction of sp³-hybridized carbons (Fsp3) is 0.588. The highest BCUT2D eigenvalue weighted by molar-refractivity contribution is 5.69. The zero-order chi connectivity index (χ0) is 13.9. The van der Waals surface area contributed by atoms with E-state index < -0.39 is 0 Å². The third-order valence-electron chi connectivity index (χ3n) is 4.91. The van der Waals surface area contributed by atoms with Crippen molar-refractivity contribution in [3.05, 3.63) is 29.8 Å². The maximum atomic E-state index is 11.8. The van der Waals surface area contributed by atoms with Crippen LogP contribution in [0.1, 0.15) is 37.7 Å². The predicted octanol–water partition coefficient (Wildman–Crippen LogP) is 3.18. The number of hydrogen-bond acceptors (Lipinski definition) is 3. The van der Waals surface area contributed by atoms with Crippen molar-refractivity contribution >= 4 is 11.7 Å². The Kier molecular flexibility index (Phi) is 3.95. The van der Waals surface area contributed by atoms with Crippen molar-refractivity contribution in [2.24, 2.45) is 17.8 Å². The summed E-state index contributed by atoms with van der Waals surface area (Å²) in [6.07, 6.45) is 6.53.